The van der Waals surface area contributed by atoms with Crippen LogP contribution in [-0.2, 0) is 11.2 Å². The minimum atomic E-state index is -0.670. The summed E-state index contributed by atoms with van der Waals surface area (Å²) in [4.78, 5) is 30.6. The van der Waals surface area contributed by atoms with Crippen LogP contribution in [0.1, 0.15) is 48.5 Å². The summed E-state index contributed by atoms with van der Waals surface area (Å²) < 4.78 is 26.0. The Balaban J connectivity index is 1.26. The van der Waals surface area contributed by atoms with Gasteiger partial charge in [-0.15, -0.1) is 0 Å². The average molecular weight is 410 g/mol. The first kappa shape index (κ1) is 19.0. The van der Waals surface area contributed by atoms with Crippen molar-refractivity contribution in [1.82, 2.24) is 4.98 Å². The van der Waals surface area contributed by atoms with Crippen LogP contribution in [0, 0.1) is 11.7 Å². The second kappa shape index (κ2) is 7.38. The third kappa shape index (κ3) is 3.53. The van der Waals surface area contributed by atoms with Gasteiger partial charge >= 0.3 is 0 Å². The SMILES string of the molecule is CC(Oc1ccc(OC2CCN(c3cc(F)c4c(c3)C(=O)CC4)C2=O)cn1)C1CC1. The first-order chi connectivity index (χ1) is 14.5. The number of ketones is 1. The summed E-state index contributed by atoms with van der Waals surface area (Å²) in [6.07, 6.45) is 4.65. The fourth-order valence-corrected chi connectivity index (χ4v) is 4.20. The van der Waals surface area contributed by atoms with Gasteiger partial charge in [0.15, 0.2) is 11.9 Å². The molecule has 0 N–H and O–H groups in total. The van der Waals surface area contributed by atoms with Crippen molar-refractivity contribution < 1.29 is 23.5 Å². The van der Waals surface area contributed by atoms with Gasteiger partial charge in [-0.05, 0) is 55.9 Å². The van der Waals surface area contributed by atoms with E-state index in [1.165, 1.54) is 23.8 Å². The van der Waals surface area contributed by atoms with Crippen LogP contribution in [0.4, 0.5) is 10.1 Å². The Morgan fingerprint density at radius 1 is 1.17 bits per heavy atom. The van der Waals surface area contributed by atoms with Crippen LogP contribution in [-0.4, -0.2) is 35.4 Å². The number of benzene rings is 1. The average Bonchev–Trinajstić information content (AvgIpc) is 3.44. The van der Waals surface area contributed by atoms with Crippen LogP contribution in [0.25, 0.3) is 0 Å². The van der Waals surface area contributed by atoms with Crippen LogP contribution in [0.5, 0.6) is 11.6 Å². The molecule has 0 spiro atoms. The molecule has 1 saturated carbocycles. The highest BCUT2D eigenvalue weighted by Crippen LogP contribution is 2.35. The van der Waals surface area contributed by atoms with Crippen LogP contribution in [0.2, 0.25) is 0 Å². The molecule has 156 valence electrons. The van der Waals surface area contributed by atoms with E-state index in [1.54, 1.807) is 24.4 Å². The molecule has 1 aliphatic heterocycles. The number of Topliss-reactive ketones (excluding diaryl/α,β-unsaturated/α-hetero) is 1. The molecule has 2 aromatic rings. The van der Waals surface area contributed by atoms with Gasteiger partial charge in [0, 0.05) is 36.7 Å². The fourth-order valence-electron chi connectivity index (χ4n) is 4.20. The molecule has 0 radical (unpaired) electrons. The molecule has 7 heteroatoms. The molecular formula is C23H23FN2O4. The number of aromatic nitrogens is 1. The molecule has 5 rings (SSSR count). The molecule has 3 aliphatic rings. The maximum atomic E-state index is 14.4. The first-order valence-corrected chi connectivity index (χ1v) is 10.5. The second-order valence-electron chi connectivity index (χ2n) is 8.25. The number of hydrogen-bond acceptors (Lipinski definition) is 5. The number of pyridine rings is 1. The van der Waals surface area contributed by atoms with E-state index in [1.807, 2.05) is 6.92 Å². The number of amides is 1. The zero-order chi connectivity index (χ0) is 20.8. The standard InChI is InChI=1S/C23H23FN2O4/c1-13(14-2-3-14)29-22-7-4-16(12-25-22)30-21-8-9-26(23(21)28)15-10-18-17(19(24)11-15)5-6-20(18)27/h4,7,10-14,21H,2-3,5-6,8-9H2,1H3. The van der Waals surface area contributed by atoms with E-state index >= 15 is 0 Å². The van der Waals surface area contributed by atoms with Crippen molar-refractivity contribution in [2.45, 2.75) is 51.2 Å². The highest BCUT2D eigenvalue weighted by atomic mass is 19.1. The molecule has 1 saturated heterocycles. The molecular weight excluding hydrogens is 387 g/mol. The van der Waals surface area contributed by atoms with Crippen molar-refractivity contribution in [2.75, 3.05) is 11.4 Å². The van der Waals surface area contributed by atoms with Gasteiger partial charge < -0.3 is 14.4 Å². The van der Waals surface area contributed by atoms with Crippen molar-refractivity contribution in [1.29, 1.82) is 0 Å². The lowest BCUT2D eigenvalue weighted by atomic mass is 10.1. The number of carbonyl (C=O) groups excluding carboxylic acids is 2. The third-order valence-corrected chi connectivity index (χ3v) is 6.13. The van der Waals surface area contributed by atoms with Gasteiger partial charge in [-0.3, -0.25) is 9.59 Å². The quantitative estimate of drug-likeness (QED) is 0.726. The van der Waals surface area contributed by atoms with Gasteiger partial charge in [0.05, 0.1) is 6.20 Å². The molecule has 1 aromatic carbocycles. The van der Waals surface area contributed by atoms with E-state index in [4.69, 9.17) is 9.47 Å². The molecule has 2 atom stereocenters. The zero-order valence-electron chi connectivity index (χ0n) is 16.8. The smallest absolute Gasteiger partial charge is 0.268 e. The number of nitrogens with zero attached hydrogens (tertiary/aromatic N) is 2. The van der Waals surface area contributed by atoms with Crippen molar-refractivity contribution in [2.24, 2.45) is 5.92 Å². The van der Waals surface area contributed by atoms with E-state index < -0.39 is 11.9 Å². The minimum Gasteiger partial charge on any atom is -0.479 e. The van der Waals surface area contributed by atoms with Gasteiger partial charge in [-0.25, -0.2) is 9.37 Å². The molecule has 2 aliphatic carbocycles. The van der Waals surface area contributed by atoms with Gasteiger partial charge in [-0.1, -0.05) is 0 Å². The maximum absolute atomic E-state index is 14.4. The summed E-state index contributed by atoms with van der Waals surface area (Å²) >= 11 is 0. The second-order valence-corrected chi connectivity index (χ2v) is 8.25. The predicted octanol–water partition coefficient (Wildman–Crippen LogP) is 3.71. The summed E-state index contributed by atoms with van der Waals surface area (Å²) in [7, 11) is 0. The minimum absolute atomic E-state index is 0.0745. The summed E-state index contributed by atoms with van der Waals surface area (Å²) in [5.41, 5.74) is 1.25. The van der Waals surface area contributed by atoms with Crippen molar-refractivity contribution in [3.8, 4) is 11.6 Å². The summed E-state index contributed by atoms with van der Waals surface area (Å²) in [6.45, 7) is 2.45. The maximum Gasteiger partial charge on any atom is 0.268 e. The van der Waals surface area contributed by atoms with Crippen molar-refractivity contribution in [3.05, 3.63) is 47.4 Å². The largest absolute Gasteiger partial charge is 0.479 e. The number of hydrogen-bond donors (Lipinski definition) is 0. The number of anilines is 1. The summed E-state index contributed by atoms with van der Waals surface area (Å²) in [5, 5.41) is 0. The lowest BCUT2D eigenvalue weighted by molar-refractivity contribution is -0.122. The number of ether oxygens (including phenoxy) is 2. The van der Waals surface area contributed by atoms with Crippen LogP contribution in [0.3, 0.4) is 0 Å². The van der Waals surface area contributed by atoms with Gasteiger partial charge in [0.1, 0.15) is 17.7 Å². The van der Waals surface area contributed by atoms with E-state index in [0.717, 1.165) is 0 Å². The fraction of sp³-hybridized carbons (Fsp3) is 0.435. The number of halogens is 1. The van der Waals surface area contributed by atoms with E-state index in [9.17, 15) is 14.0 Å². The summed E-state index contributed by atoms with van der Waals surface area (Å²) in [5.74, 6) is 0.892. The molecule has 0 bridgehead atoms. The molecule has 2 unspecified atom stereocenters. The number of carbonyl (C=O) groups is 2. The van der Waals surface area contributed by atoms with Gasteiger partial charge in [0.25, 0.3) is 5.91 Å². The Kier molecular flexibility index (Phi) is 4.68. The monoisotopic (exact) mass is 410 g/mol. The Hall–Kier alpha value is -2.96. The predicted molar refractivity (Wildman–Crippen MR) is 107 cm³/mol. The molecule has 6 nitrogen and oxygen atoms in total. The normalized spacial score (nSPS) is 21.7. The van der Waals surface area contributed by atoms with Crippen LogP contribution in [0.15, 0.2) is 30.5 Å². The Morgan fingerprint density at radius 3 is 2.73 bits per heavy atom. The Morgan fingerprint density at radius 2 is 2.00 bits per heavy atom. The molecule has 1 aromatic heterocycles. The lowest BCUT2D eigenvalue weighted by Gasteiger charge is -2.18. The molecule has 2 heterocycles. The summed E-state index contributed by atoms with van der Waals surface area (Å²) in [6, 6.07) is 6.45. The zero-order valence-corrected chi connectivity index (χ0v) is 16.8. The van der Waals surface area contributed by atoms with E-state index in [0.29, 0.717) is 60.2 Å². The molecule has 30 heavy (non-hydrogen) atoms. The number of rotatable bonds is 6. The first-order valence-electron chi connectivity index (χ1n) is 10.5. The third-order valence-electron chi connectivity index (χ3n) is 6.13. The van der Waals surface area contributed by atoms with Gasteiger partial charge in [0.2, 0.25) is 5.88 Å². The van der Waals surface area contributed by atoms with Crippen molar-refractivity contribution >= 4 is 17.4 Å². The highest BCUT2D eigenvalue weighted by Gasteiger charge is 2.36. The lowest BCUT2D eigenvalue weighted by Crippen LogP contribution is -2.32. The highest BCUT2D eigenvalue weighted by molar-refractivity contribution is 6.04. The number of fused-ring (bicyclic) bond motifs is 1. The van der Waals surface area contributed by atoms with E-state index in [2.05, 4.69) is 4.98 Å². The van der Waals surface area contributed by atoms with Crippen molar-refractivity contribution in [3.63, 3.8) is 0 Å². The Labute approximate surface area is 174 Å². The molecule has 1 amide bonds. The Bertz CT molecular complexity index is 1000. The van der Waals surface area contributed by atoms with E-state index in [-0.39, 0.29) is 17.8 Å². The topological polar surface area (TPSA) is 68.7 Å². The van der Waals surface area contributed by atoms with Gasteiger partial charge in [-0.2, -0.15) is 0 Å². The molecule has 2 fully saturated rings. The van der Waals surface area contributed by atoms with Crippen LogP contribution >= 0.6 is 0 Å². The van der Waals surface area contributed by atoms with Crippen LogP contribution < -0.4 is 14.4 Å².